The van der Waals surface area contributed by atoms with E-state index in [1.165, 1.54) is 30.4 Å². The highest BCUT2D eigenvalue weighted by Gasteiger charge is 2.22. The fraction of sp³-hybridized carbons (Fsp3) is 0.583. The molecule has 4 nitrogen and oxygen atoms in total. The first-order valence-corrected chi connectivity index (χ1v) is 11.1. The molecule has 1 unspecified atom stereocenters. The summed E-state index contributed by atoms with van der Waals surface area (Å²) in [5, 5.41) is 16.5. The molecule has 0 aromatic heterocycles. The molecule has 2 bridgehead atoms. The lowest BCUT2D eigenvalue weighted by Gasteiger charge is -2.27. The molecule has 1 aromatic carbocycles. The fourth-order valence-electron chi connectivity index (χ4n) is 4.21. The van der Waals surface area contributed by atoms with Gasteiger partial charge in [-0.15, -0.1) is 5.73 Å². The highest BCUT2D eigenvalue weighted by atomic mass is 35.5. The van der Waals surface area contributed by atoms with Crippen molar-refractivity contribution in [3.63, 3.8) is 0 Å². The first-order chi connectivity index (χ1) is 13.8. The number of amides is 1. The molecular weight excluding hydrogens is 384 g/mol. The molecule has 1 fully saturated rings. The third kappa shape index (κ3) is 7.01. The Hall–Kier alpha value is -1.58. The predicted molar refractivity (Wildman–Crippen MR) is 118 cm³/mol. The number of aliphatic hydroxyl groups is 1. The molecule has 1 aromatic rings. The maximum atomic E-state index is 12.7. The van der Waals surface area contributed by atoms with Crippen LogP contribution in [0.1, 0.15) is 68.3 Å². The summed E-state index contributed by atoms with van der Waals surface area (Å²) in [6, 6.07) is 5.68. The van der Waals surface area contributed by atoms with Gasteiger partial charge < -0.3 is 15.7 Å². The van der Waals surface area contributed by atoms with Crippen molar-refractivity contribution < 1.29 is 9.90 Å². The number of hydrogen-bond acceptors (Lipinski definition) is 3. The second kappa shape index (κ2) is 9.95. The second-order valence-electron chi connectivity index (χ2n) is 9.09. The Morgan fingerprint density at radius 2 is 2.17 bits per heavy atom. The van der Waals surface area contributed by atoms with E-state index in [0.717, 1.165) is 43.7 Å². The number of halogens is 1. The molecule has 0 saturated heterocycles. The molecule has 5 heteroatoms. The van der Waals surface area contributed by atoms with Crippen LogP contribution in [0.15, 0.2) is 35.1 Å². The molecule has 1 atom stereocenters. The van der Waals surface area contributed by atoms with Crippen molar-refractivity contribution in [1.82, 2.24) is 10.6 Å². The highest BCUT2D eigenvalue weighted by molar-refractivity contribution is 6.33. The summed E-state index contributed by atoms with van der Waals surface area (Å²) >= 11 is 6.30. The van der Waals surface area contributed by atoms with Crippen molar-refractivity contribution >= 4 is 17.5 Å². The number of hydrogen-bond donors (Lipinski definition) is 3. The molecule has 0 aliphatic heterocycles. The summed E-state index contributed by atoms with van der Waals surface area (Å²) in [4.78, 5) is 12.7. The minimum absolute atomic E-state index is 0.118. The van der Waals surface area contributed by atoms with Gasteiger partial charge in [0.1, 0.15) is 0 Å². The van der Waals surface area contributed by atoms with Gasteiger partial charge in [-0.3, -0.25) is 4.79 Å². The summed E-state index contributed by atoms with van der Waals surface area (Å²) in [5.41, 5.74) is 7.11. The zero-order valence-electron chi connectivity index (χ0n) is 17.6. The Bertz CT molecular complexity index is 804. The van der Waals surface area contributed by atoms with E-state index in [-0.39, 0.29) is 5.91 Å². The molecule has 2 aliphatic carbocycles. The van der Waals surface area contributed by atoms with Crippen LogP contribution in [-0.2, 0) is 6.42 Å². The van der Waals surface area contributed by atoms with Gasteiger partial charge in [0.15, 0.2) is 0 Å². The van der Waals surface area contributed by atoms with E-state index in [9.17, 15) is 9.90 Å². The van der Waals surface area contributed by atoms with E-state index in [0.29, 0.717) is 23.7 Å². The van der Waals surface area contributed by atoms with Gasteiger partial charge in [-0.25, -0.2) is 0 Å². The lowest BCUT2D eigenvalue weighted by Crippen LogP contribution is -2.35. The molecule has 3 N–H and O–H groups in total. The largest absolute Gasteiger partial charge is 0.389 e. The first-order valence-electron chi connectivity index (χ1n) is 10.8. The molecule has 0 heterocycles. The van der Waals surface area contributed by atoms with Crippen LogP contribution in [-0.4, -0.2) is 36.2 Å². The molecule has 29 heavy (non-hydrogen) atoms. The zero-order valence-corrected chi connectivity index (χ0v) is 18.4. The molecule has 1 saturated carbocycles. The topological polar surface area (TPSA) is 61.4 Å². The average Bonchev–Trinajstić information content (AvgIpc) is 2.66. The first kappa shape index (κ1) is 22.1. The molecule has 1 amide bonds. The van der Waals surface area contributed by atoms with E-state index in [1.807, 2.05) is 18.2 Å². The summed E-state index contributed by atoms with van der Waals surface area (Å²) in [7, 11) is 0. The van der Waals surface area contributed by atoms with E-state index in [4.69, 9.17) is 11.6 Å². The van der Waals surface area contributed by atoms with Gasteiger partial charge in [-0.2, -0.15) is 0 Å². The van der Waals surface area contributed by atoms with Crippen molar-refractivity contribution in [1.29, 1.82) is 0 Å². The number of fused-ring (bicyclic) bond motifs is 2. The Kier molecular flexibility index (Phi) is 7.59. The van der Waals surface area contributed by atoms with Crippen LogP contribution >= 0.6 is 11.6 Å². The number of benzene rings is 1. The number of carbonyl (C=O) groups is 1. The monoisotopic (exact) mass is 416 g/mol. The van der Waals surface area contributed by atoms with Crippen LogP contribution in [0.25, 0.3) is 0 Å². The summed E-state index contributed by atoms with van der Waals surface area (Å²) in [6.45, 7) is 5.51. The number of carbonyl (C=O) groups excluding carboxylic acids is 1. The van der Waals surface area contributed by atoms with E-state index >= 15 is 0 Å². The normalized spacial score (nSPS) is 18.8. The van der Waals surface area contributed by atoms with Crippen LogP contribution in [0.4, 0.5) is 0 Å². The van der Waals surface area contributed by atoms with Gasteiger partial charge >= 0.3 is 0 Å². The maximum Gasteiger partial charge on any atom is 0.253 e. The van der Waals surface area contributed by atoms with E-state index in [1.54, 1.807) is 13.8 Å². The standard InChI is InChI=1S/C24H33ClN2O2/c1-24(2,29)16-26-10-4-7-17-8-9-22(25)21(14-17)23(28)27-15-20-12-18-5-3-6-19(11-18)13-20/h8-9,14,18,26,29H,3-7,10-12,15-16H2,1-2H3,(H,27,28). The molecule has 0 radical (unpaired) electrons. The number of rotatable bonds is 9. The molecule has 0 spiro atoms. The second-order valence-corrected chi connectivity index (χ2v) is 9.50. The van der Waals surface area contributed by atoms with Crippen LogP contribution in [0.5, 0.6) is 0 Å². The van der Waals surface area contributed by atoms with E-state index in [2.05, 4.69) is 16.4 Å². The Morgan fingerprint density at radius 1 is 1.34 bits per heavy atom. The summed E-state index contributed by atoms with van der Waals surface area (Å²) in [6.07, 6.45) is 7.76. The van der Waals surface area contributed by atoms with Crippen molar-refractivity contribution in [2.75, 3.05) is 19.6 Å². The maximum absolute atomic E-state index is 12.7. The van der Waals surface area contributed by atoms with Crippen molar-refractivity contribution in [3.05, 3.63) is 51.2 Å². The van der Waals surface area contributed by atoms with Crippen molar-refractivity contribution in [2.24, 2.45) is 5.92 Å². The minimum Gasteiger partial charge on any atom is -0.389 e. The molecule has 2 aliphatic rings. The molecule has 158 valence electrons. The summed E-state index contributed by atoms with van der Waals surface area (Å²) < 4.78 is 0. The third-order valence-corrected chi connectivity index (χ3v) is 5.96. The van der Waals surface area contributed by atoms with Gasteiger partial charge in [0, 0.05) is 13.1 Å². The highest BCUT2D eigenvalue weighted by Crippen LogP contribution is 2.35. The third-order valence-electron chi connectivity index (χ3n) is 5.63. The van der Waals surface area contributed by atoms with Crippen LogP contribution in [0.3, 0.4) is 0 Å². The van der Waals surface area contributed by atoms with Crippen LogP contribution in [0, 0.1) is 5.92 Å². The van der Waals surface area contributed by atoms with Crippen molar-refractivity contribution in [2.45, 2.75) is 64.4 Å². The molecule has 3 rings (SSSR count). The van der Waals surface area contributed by atoms with Crippen LogP contribution < -0.4 is 10.6 Å². The lowest BCUT2D eigenvalue weighted by molar-refractivity contribution is 0.0799. The van der Waals surface area contributed by atoms with E-state index < -0.39 is 5.60 Å². The predicted octanol–water partition coefficient (Wildman–Crippen LogP) is 4.41. The Balaban J connectivity index is 1.52. The SMILES string of the molecule is CC(C)(O)CNCCCc1ccc(Cl)c(C(=O)NCC2=C=C3CCCC(C3)C2)c1. The minimum atomic E-state index is -0.701. The Morgan fingerprint density at radius 3 is 2.93 bits per heavy atom. The average molecular weight is 417 g/mol. The van der Waals surface area contributed by atoms with Gasteiger partial charge in [0.25, 0.3) is 5.91 Å². The Labute approximate surface area is 179 Å². The number of nitrogens with one attached hydrogen (secondary N) is 2. The fourth-order valence-corrected chi connectivity index (χ4v) is 4.41. The van der Waals surface area contributed by atoms with Crippen molar-refractivity contribution in [3.8, 4) is 0 Å². The van der Waals surface area contributed by atoms with Gasteiger partial charge in [-0.05, 0) is 100 Å². The molecular formula is C24H33ClN2O2. The van der Waals surface area contributed by atoms with Gasteiger partial charge in [-0.1, -0.05) is 17.7 Å². The lowest BCUT2D eigenvalue weighted by atomic mass is 9.78. The van der Waals surface area contributed by atoms with Crippen LogP contribution in [0.2, 0.25) is 5.02 Å². The quantitative estimate of drug-likeness (QED) is 0.412. The summed E-state index contributed by atoms with van der Waals surface area (Å²) in [5.74, 6) is 0.621. The van der Waals surface area contributed by atoms with Gasteiger partial charge in [0.05, 0.1) is 16.2 Å². The van der Waals surface area contributed by atoms with Gasteiger partial charge in [0.2, 0.25) is 0 Å². The smallest absolute Gasteiger partial charge is 0.253 e. The zero-order chi connectivity index (χ0) is 20.9. The number of aryl methyl sites for hydroxylation is 1.